The zero-order chi connectivity index (χ0) is 25.9. The summed E-state index contributed by atoms with van der Waals surface area (Å²) in [6.07, 6.45) is 0. The monoisotopic (exact) mass is 543 g/mol. The molecular formula is C28H22BrN3O4. The van der Waals surface area contributed by atoms with Gasteiger partial charge >= 0.3 is 0 Å². The second-order valence-electron chi connectivity index (χ2n) is 8.99. The average Bonchev–Trinajstić information content (AvgIpc) is 2.85. The number of aryl methyl sites for hydroxylation is 2. The van der Waals surface area contributed by atoms with Crippen LogP contribution in [0.3, 0.4) is 0 Å². The maximum atomic E-state index is 13.6. The number of hydrogen-bond donors (Lipinski definition) is 1. The van der Waals surface area contributed by atoms with Gasteiger partial charge in [0.25, 0.3) is 17.5 Å². The van der Waals surface area contributed by atoms with Gasteiger partial charge in [0.1, 0.15) is 5.69 Å². The molecule has 1 aliphatic rings. The van der Waals surface area contributed by atoms with E-state index in [9.17, 15) is 19.7 Å². The summed E-state index contributed by atoms with van der Waals surface area (Å²) < 4.78 is 0.930. The highest BCUT2D eigenvalue weighted by atomic mass is 79.9. The minimum absolute atomic E-state index is 0.124. The lowest BCUT2D eigenvalue weighted by atomic mass is 9.91. The van der Waals surface area contributed by atoms with Gasteiger partial charge in [0.05, 0.1) is 16.2 Å². The predicted molar refractivity (Wildman–Crippen MR) is 145 cm³/mol. The van der Waals surface area contributed by atoms with Gasteiger partial charge < -0.3 is 5.32 Å². The smallest absolute Gasteiger partial charge is 0.294 e. The van der Waals surface area contributed by atoms with Crippen molar-refractivity contribution in [3.8, 4) is 0 Å². The molecule has 2 amide bonds. The quantitative estimate of drug-likeness (QED) is 0.166. The molecule has 0 atom stereocenters. The molecule has 0 saturated heterocycles. The zero-order valence-corrected chi connectivity index (χ0v) is 21.7. The minimum Gasteiger partial charge on any atom is -0.349 e. The maximum absolute atomic E-state index is 13.6. The normalized spacial score (nSPS) is 12.9. The molecule has 0 unspecified atom stereocenters. The van der Waals surface area contributed by atoms with E-state index < -0.39 is 16.7 Å². The number of amides is 2. The molecule has 0 saturated carbocycles. The molecule has 4 aromatic carbocycles. The van der Waals surface area contributed by atoms with Crippen molar-refractivity contribution in [2.75, 3.05) is 10.2 Å². The van der Waals surface area contributed by atoms with Crippen LogP contribution in [0.15, 0.2) is 59.1 Å². The van der Waals surface area contributed by atoms with Crippen molar-refractivity contribution >= 4 is 61.3 Å². The molecule has 0 fully saturated rings. The number of imide groups is 1. The molecule has 0 radical (unpaired) electrons. The second kappa shape index (κ2) is 8.57. The molecule has 1 aliphatic heterocycles. The van der Waals surface area contributed by atoms with Crippen LogP contribution in [-0.2, 0) is 0 Å². The van der Waals surface area contributed by atoms with Crippen molar-refractivity contribution in [1.82, 2.24) is 0 Å². The van der Waals surface area contributed by atoms with Gasteiger partial charge in [-0.05, 0) is 80.3 Å². The molecule has 8 heteroatoms. The molecule has 4 aromatic rings. The summed E-state index contributed by atoms with van der Waals surface area (Å²) in [5, 5.41) is 16.3. The summed E-state index contributed by atoms with van der Waals surface area (Å²) in [4.78, 5) is 40.0. The minimum atomic E-state index is -0.586. The first-order chi connectivity index (χ1) is 17.1. The molecule has 0 aliphatic carbocycles. The Morgan fingerprint density at radius 3 is 2.28 bits per heavy atom. The number of rotatable bonds is 4. The lowest BCUT2D eigenvalue weighted by Crippen LogP contribution is -2.40. The lowest BCUT2D eigenvalue weighted by Gasteiger charge is -2.28. The van der Waals surface area contributed by atoms with E-state index in [1.54, 1.807) is 30.3 Å². The Hall–Kier alpha value is -4.04. The fourth-order valence-electron chi connectivity index (χ4n) is 4.58. The number of anilines is 3. The van der Waals surface area contributed by atoms with Crippen LogP contribution in [0.4, 0.5) is 22.7 Å². The topological polar surface area (TPSA) is 92.6 Å². The molecule has 1 heterocycles. The molecule has 5 rings (SSSR count). The van der Waals surface area contributed by atoms with Crippen LogP contribution in [0.2, 0.25) is 0 Å². The van der Waals surface area contributed by atoms with E-state index in [-0.39, 0.29) is 16.9 Å². The first kappa shape index (κ1) is 23.7. The molecule has 36 heavy (non-hydrogen) atoms. The summed E-state index contributed by atoms with van der Waals surface area (Å²) in [5.41, 5.74) is 5.47. The van der Waals surface area contributed by atoms with Crippen LogP contribution in [0.5, 0.6) is 0 Å². The number of halogens is 1. The first-order valence-electron chi connectivity index (χ1n) is 11.3. The lowest BCUT2D eigenvalue weighted by molar-refractivity contribution is -0.383. The van der Waals surface area contributed by atoms with Gasteiger partial charge in [0, 0.05) is 32.6 Å². The highest BCUT2D eigenvalue weighted by Crippen LogP contribution is 2.43. The van der Waals surface area contributed by atoms with Crippen molar-refractivity contribution < 1.29 is 14.5 Å². The summed E-state index contributed by atoms with van der Waals surface area (Å²) in [5.74, 6) is -1.05. The van der Waals surface area contributed by atoms with Crippen molar-refractivity contribution in [1.29, 1.82) is 0 Å². The summed E-state index contributed by atoms with van der Waals surface area (Å²) in [6.45, 7) is 7.73. The molecule has 180 valence electrons. The van der Waals surface area contributed by atoms with E-state index in [0.29, 0.717) is 27.7 Å². The fourth-order valence-corrected chi connectivity index (χ4v) is 5.01. The number of benzene rings is 4. The molecule has 0 bridgehead atoms. The third kappa shape index (κ3) is 3.56. The number of hydrogen-bond acceptors (Lipinski definition) is 5. The number of carbonyl (C=O) groups excluding carboxylic acids is 2. The third-order valence-corrected chi connectivity index (χ3v) is 7.79. The van der Waals surface area contributed by atoms with Crippen molar-refractivity contribution in [3.63, 3.8) is 0 Å². The largest absolute Gasteiger partial charge is 0.349 e. The van der Waals surface area contributed by atoms with Crippen LogP contribution in [0, 0.1) is 37.8 Å². The number of nitrogens with one attached hydrogen (secondary N) is 1. The SMILES string of the molecule is Cc1ccc(N2C(=O)c3cccc4c(Nc5ccc(Br)c(C)c5C)c([N+](=O)[O-])cc(c34)C2=O)cc1C. The number of nitro groups is 1. The van der Waals surface area contributed by atoms with Gasteiger partial charge in [0.2, 0.25) is 0 Å². The van der Waals surface area contributed by atoms with E-state index in [1.807, 2.05) is 45.9 Å². The van der Waals surface area contributed by atoms with Crippen molar-refractivity contribution in [2.24, 2.45) is 0 Å². The van der Waals surface area contributed by atoms with Crippen LogP contribution < -0.4 is 10.2 Å². The Morgan fingerprint density at radius 2 is 1.58 bits per heavy atom. The Kier molecular flexibility index (Phi) is 5.64. The molecule has 0 aromatic heterocycles. The van der Waals surface area contributed by atoms with Crippen molar-refractivity contribution in [2.45, 2.75) is 27.7 Å². The Labute approximate surface area is 216 Å². The van der Waals surface area contributed by atoms with Crippen LogP contribution in [0.1, 0.15) is 43.0 Å². The Bertz CT molecular complexity index is 1640. The van der Waals surface area contributed by atoms with Gasteiger partial charge in [-0.1, -0.05) is 34.1 Å². The van der Waals surface area contributed by atoms with E-state index in [4.69, 9.17) is 0 Å². The van der Waals surface area contributed by atoms with E-state index in [2.05, 4.69) is 21.2 Å². The summed E-state index contributed by atoms with van der Waals surface area (Å²) in [7, 11) is 0. The standard InChI is InChI=1S/C28H22BrN3O4/c1-14-8-9-18(12-15(14)2)31-27(33)20-7-5-6-19-25(20)21(28(31)34)13-24(32(35)36)26(19)30-23-11-10-22(29)16(3)17(23)4/h5-13,30H,1-4H3. The highest BCUT2D eigenvalue weighted by molar-refractivity contribution is 9.10. The Morgan fingerprint density at radius 1 is 0.861 bits per heavy atom. The maximum Gasteiger partial charge on any atom is 0.294 e. The van der Waals surface area contributed by atoms with Crippen LogP contribution in [0.25, 0.3) is 10.8 Å². The summed E-state index contributed by atoms with van der Waals surface area (Å²) >= 11 is 3.51. The van der Waals surface area contributed by atoms with Gasteiger partial charge in [-0.3, -0.25) is 19.7 Å². The molecule has 7 nitrogen and oxygen atoms in total. The molecule has 0 spiro atoms. The van der Waals surface area contributed by atoms with E-state index in [0.717, 1.165) is 31.6 Å². The molecule has 1 N–H and O–H groups in total. The van der Waals surface area contributed by atoms with E-state index >= 15 is 0 Å². The van der Waals surface area contributed by atoms with Crippen LogP contribution in [-0.4, -0.2) is 16.7 Å². The first-order valence-corrected chi connectivity index (χ1v) is 12.1. The van der Waals surface area contributed by atoms with E-state index in [1.165, 1.54) is 6.07 Å². The van der Waals surface area contributed by atoms with Gasteiger partial charge in [0.15, 0.2) is 0 Å². The van der Waals surface area contributed by atoms with Crippen molar-refractivity contribution in [3.05, 3.63) is 103 Å². The van der Waals surface area contributed by atoms with Gasteiger partial charge in [-0.2, -0.15) is 0 Å². The van der Waals surface area contributed by atoms with Gasteiger partial charge in [-0.15, -0.1) is 0 Å². The number of nitro benzene ring substituents is 1. The second-order valence-corrected chi connectivity index (χ2v) is 9.84. The molecular weight excluding hydrogens is 522 g/mol. The highest BCUT2D eigenvalue weighted by Gasteiger charge is 2.37. The fraction of sp³-hybridized carbons (Fsp3) is 0.143. The Balaban J connectivity index is 1.75. The van der Waals surface area contributed by atoms with Gasteiger partial charge in [-0.25, -0.2) is 4.90 Å². The zero-order valence-electron chi connectivity index (χ0n) is 20.1. The third-order valence-electron chi connectivity index (χ3n) is 6.93. The average molecular weight is 544 g/mol. The number of nitrogens with zero attached hydrogens (tertiary/aromatic N) is 2. The van der Waals surface area contributed by atoms with Crippen LogP contribution >= 0.6 is 15.9 Å². The number of carbonyl (C=O) groups is 2. The summed E-state index contributed by atoms with van der Waals surface area (Å²) in [6, 6.07) is 15.4. The predicted octanol–water partition coefficient (Wildman–Crippen LogP) is 7.29.